The number of aromatic carboxylic acids is 1. The molecule has 0 unspecified atom stereocenters. The summed E-state index contributed by atoms with van der Waals surface area (Å²) >= 11 is 5.14. The molecule has 0 aliphatic carbocycles. The summed E-state index contributed by atoms with van der Waals surface area (Å²) in [5.74, 6) is -0.944. The molecule has 1 aromatic carbocycles. The fourth-order valence-corrected chi connectivity index (χ4v) is 1.80. The fourth-order valence-electron chi connectivity index (χ4n) is 1.59. The van der Waals surface area contributed by atoms with Crippen molar-refractivity contribution in [3.63, 3.8) is 0 Å². The van der Waals surface area contributed by atoms with Crippen LogP contribution in [0.1, 0.15) is 22.3 Å². The zero-order valence-corrected chi connectivity index (χ0v) is 11.8. The SMILES string of the molecule is COCCCNC(=S)Nc1cccc(C(=O)O)c1C. The van der Waals surface area contributed by atoms with Crippen LogP contribution in [-0.2, 0) is 4.74 Å². The third-order valence-corrected chi connectivity index (χ3v) is 2.87. The summed E-state index contributed by atoms with van der Waals surface area (Å²) < 4.78 is 4.93. The second-order valence-corrected chi connectivity index (χ2v) is 4.42. The second kappa shape index (κ2) is 7.70. The number of anilines is 1. The molecule has 0 saturated heterocycles. The third-order valence-electron chi connectivity index (χ3n) is 2.62. The lowest BCUT2D eigenvalue weighted by atomic mass is 10.1. The van der Waals surface area contributed by atoms with Gasteiger partial charge in [-0.2, -0.15) is 0 Å². The maximum Gasteiger partial charge on any atom is 0.336 e. The number of hydrogen-bond donors (Lipinski definition) is 3. The lowest BCUT2D eigenvalue weighted by Crippen LogP contribution is -2.30. The van der Waals surface area contributed by atoms with Crippen molar-refractivity contribution < 1.29 is 14.6 Å². The Morgan fingerprint density at radius 2 is 2.21 bits per heavy atom. The van der Waals surface area contributed by atoms with E-state index in [0.29, 0.717) is 29.5 Å². The molecule has 19 heavy (non-hydrogen) atoms. The minimum atomic E-state index is -0.944. The van der Waals surface area contributed by atoms with Gasteiger partial charge in [-0.1, -0.05) is 6.07 Å². The van der Waals surface area contributed by atoms with E-state index < -0.39 is 5.97 Å². The van der Waals surface area contributed by atoms with Crippen LogP contribution in [0, 0.1) is 6.92 Å². The molecular formula is C13H18N2O3S. The summed E-state index contributed by atoms with van der Waals surface area (Å²) in [5.41, 5.74) is 1.63. The highest BCUT2D eigenvalue weighted by Crippen LogP contribution is 2.18. The van der Waals surface area contributed by atoms with Gasteiger partial charge >= 0.3 is 5.97 Å². The summed E-state index contributed by atoms with van der Waals surface area (Å²) in [5, 5.41) is 15.5. The molecule has 5 nitrogen and oxygen atoms in total. The van der Waals surface area contributed by atoms with E-state index in [1.807, 2.05) is 0 Å². The number of ether oxygens (including phenoxy) is 1. The van der Waals surface area contributed by atoms with E-state index in [0.717, 1.165) is 6.42 Å². The Bertz CT molecular complexity index is 463. The summed E-state index contributed by atoms with van der Waals surface area (Å²) in [6, 6.07) is 5.05. The Morgan fingerprint density at radius 1 is 1.47 bits per heavy atom. The number of nitrogens with one attached hydrogen (secondary N) is 2. The zero-order valence-electron chi connectivity index (χ0n) is 11.0. The van der Waals surface area contributed by atoms with E-state index in [9.17, 15) is 4.79 Å². The second-order valence-electron chi connectivity index (χ2n) is 4.01. The topological polar surface area (TPSA) is 70.6 Å². The van der Waals surface area contributed by atoms with Gasteiger partial charge in [0.1, 0.15) is 0 Å². The standard InChI is InChI=1S/C13H18N2O3S/c1-9-10(12(16)17)5-3-6-11(9)15-13(19)14-7-4-8-18-2/h3,5-6H,4,7-8H2,1-2H3,(H,16,17)(H2,14,15,19). The molecule has 0 amide bonds. The predicted molar refractivity (Wildman–Crippen MR) is 78.9 cm³/mol. The lowest BCUT2D eigenvalue weighted by molar-refractivity contribution is 0.0696. The highest BCUT2D eigenvalue weighted by molar-refractivity contribution is 7.80. The molecule has 0 fully saturated rings. The van der Waals surface area contributed by atoms with E-state index in [1.54, 1.807) is 32.2 Å². The molecule has 0 saturated carbocycles. The van der Waals surface area contributed by atoms with Crippen LogP contribution in [0.5, 0.6) is 0 Å². The van der Waals surface area contributed by atoms with Crippen molar-refractivity contribution in [3.05, 3.63) is 29.3 Å². The van der Waals surface area contributed by atoms with Crippen molar-refractivity contribution in [2.75, 3.05) is 25.6 Å². The first-order valence-corrected chi connectivity index (χ1v) is 6.33. The molecule has 0 aliphatic heterocycles. The number of carboxylic acid groups (broad SMARTS) is 1. The van der Waals surface area contributed by atoms with Gasteiger partial charge in [-0.3, -0.25) is 0 Å². The monoisotopic (exact) mass is 282 g/mol. The van der Waals surface area contributed by atoms with Crippen LogP contribution >= 0.6 is 12.2 Å². The van der Waals surface area contributed by atoms with E-state index in [4.69, 9.17) is 22.1 Å². The summed E-state index contributed by atoms with van der Waals surface area (Å²) in [4.78, 5) is 11.0. The van der Waals surface area contributed by atoms with Gasteiger partial charge in [0, 0.05) is 25.9 Å². The van der Waals surface area contributed by atoms with Gasteiger partial charge in [0.2, 0.25) is 0 Å². The van der Waals surface area contributed by atoms with E-state index >= 15 is 0 Å². The Hall–Kier alpha value is -1.66. The Labute approximate surface area is 118 Å². The maximum atomic E-state index is 11.0. The van der Waals surface area contributed by atoms with Crippen LogP contribution in [-0.4, -0.2) is 36.4 Å². The summed E-state index contributed by atoms with van der Waals surface area (Å²) in [7, 11) is 1.65. The maximum absolute atomic E-state index is 11.0. The molecule has 1 rings (SSSR count). The number of carbonyl (C=O) groups is 1. The van der Waals surface area contributed by atoms with Crippen LogP contribution in [0.2, 0.25) is 0 Å². The first-order valence-electron chi connectivity index (χ1n) is 5.93. The van der Waals surface area contributed by atoms with E-state index in [-0.39, 0.29) is 5.56 Å². The Balaban J connectivity index is 2.59. The van der Waals surface area contributed by atoms with Crippen molar-refractivity contribution in [3.8, 4) is 0 Å². The molecule has 0 bridgehead atoms. The van der Waals surface area contributed by atoms with E-state index in [1.165, 1.54) is 0 Å². The first-order chi connectivity index (χ1) is 9.06. The third kappa shape index (κ3) is 4.84. The summed E-state index contributed by atoms with van der Waals surface area (Å²) in [6.07, 6.45) is 0.854. The van der Waals surface area contributed by atoms with Gasteiger partial charge in [0.25, 0.3) is 0 Å². The normalized spacial score (nSPS) is 10.0. The number of thiocarbonyl (C=S) groups is 1. The van der Waals surface area contributed by atoms with E-state index in [2.05, 4.69) is 10.6 Å². The Kier molecular flexibility index (Phi) is 6.24. The van der Waals surface area contributed by atoms with Crippen LogP contribution in [0.25, 0.3) is 0 Å². The number of benzene rings is 1. The lowest BCUT2D eigenvalue weighted by Gasteiger charge is -2.13. The van der Waals surface area contributed by atoms with Crippen LogP contribution in [0.15, 0.2) is 18.2 Å². The van der Waals surface area contributed by atoms with Crippen molar-refractivity contribution in [1.82, 2.24) is 5.32 Å². The van der Waals surface area contributed by atoms with Gasteiger partial charge in [-0.05, 0) is 43.3 Å². The number of hydrogen-bond acceptors (Lipinski definition) is 3. The van der Waals surface area contributed by atoms with Crippen molar-refractivity contribution in [2.24, 2.45) is 0 Å². The smallest absolute Gasteiger partial charge is 0.336 e. The quantitative estimate of drug-likeness (QED) is 0.548. The van der Waals surface area contributed by atoms with Gasteiger partial charge in [0.05, 0.1) is 5.56 Å². The highest BCUT2D eigenvalue weighted by atomic mass is 32.1. The van der Waals surface area contributed by atoms with Crippen molar-refractivity contribution >= 4 is 29.0 Å². The molecule has 104 valence electrons. The van der Waals surface area contributed by atoms with Gasteiger partial charge in [-0.15, -0.1) is 0 Å². The molecule has 0 atom stereocenters. The molecule has 3 N–H and O–H groups in total. The molecular weight excluding hydrogens is 264 g/mol. The van der Waals surface area contributed by atoms with Gasteiger partial charge in [0.15, 0.2) is 5.11 Å². The van der Waals surface area contributed by atoms with Crippen molar-refractivity contribution in [1.29, 1.82) is 0 Å². The molecule has 0 aliphatic rings. The average molecular weight is 282 g/mol. The number of carboxylic acids is 1. The molecule has 1 aromatic rings. The van der Waals surface area contributed by atoms with Gasteiger partial charge < -0.3 is 20.5 Å². The molecule has 0 spiro atoms. The molecule has 0 heterocycles. The Morgan fingerprint density at radius 3 is 2.84 bits per heavy atom. The number of rotatable bonds is 6. The molecule has 0 radical (unpaired) electrons. The fraction of sp³-hybridized carbons (Fsp3) is 0.385. The summed E-state index contributed by atoms with van der Waals surface area (Å²) in [6.45, 7) is 3.12. The average Bonchev–Trinajstić information content (AvgIpc) is 2.37. The minimum Gasteiger partial charge on any atom is -0.478 e. The predicted octanol–water partition coefficient (Wildman–Crippen LogP) is 2.02. The van der Waals surface area contributed by atoms with Crippen LogP contribution in [0.4, 0.5) is 5.69 Å². The minimum absolute atomic E-state index is 0.271. The molecule has 0 aromatic heterocycles. The van der Waals surface area contributed by atoms with Gasteiger partial charge in [-0.25, -0.2) is 4.79 Å². The number of methoxy groups -OCH3 is 1. The van der Waals surface area contributed by atoms with Crippen molar-refractivity contribution in [2.45, 2.75) is 13.3 Å². The van der Waals surface area contributed by atoms with Crippen LogP contribution in [0.3, 0.4) is 0 Å². The highest BCUT2D eigenvalue weighted by Gasteiger charge is 2.10. The zero-order chi connectivity index (χ0) is 14.3. The molecule has 6 heteroatoms. The van der Waals surface area contributed by atoms with Crippen LogP contribution < -0.4 is 10.6 Å². The first kappa shape index (κ1) is 15.4. The largest absolute Gasteiger partial charge is 0.478 e.